The summed E-state index contributed by atoms with van der Waals surface area (Å²) < 4.78 is 8.65. The van der Waals surface area contributed by atoms with Gasteiger partial charge in [0.2, 0.25) is 0 Å². The van der Waals surface area contributed by atoms with Gasteiger partial charge in [-0.3, -0.25) is 0 Å². The second kappa shape index (κ2) is 6.76. The molecule has 0 aliphatic heterocycles. The van der Waals surface area contributed by atoms with Gasteiger partial charge < -0.3 is 4.74 Å². The van der Waals surface area contributed by atoms with Crippen LogP contribution in [0.25, 0.3) is 0 Å². The van der Waals surface area contributed by atoms with E-state index in [1.165, 1.54) is 12.7 Å². The highest BCUT2D eigenvalue weighted by Crippen LogP contribution is 2.19. The largest absolute Gasteiger partial charge is 0.457 e. The average Bonchev–Trinajstić information content (AvgIpc) is 2.53. The van der Waals surface area contributed by atoms with E-state index in [4.69, 9.17) is 4.74 Å². The average molecular weight is 387 g/mol. The fourth-order valence-corrected chi connectivity index (χ4v) is 4.07. The van der Waals surface area contributed by atoms with Gasteiger partial charge in [-0.15, -0.1) is 0 Å². The van der Waals surface area contributed by atoms with Gasteiger partial charge in [-0.2, -0.15) is 0 Å². The summed E-state index contributed by atoms with van der Waals surface area (Å²) >= 11 is -0.113. The topological polar surface area (TPSA) is 9.23 Å². The maximum Gasteiger partial charge on any atom is 0.357 e. The smallest absolute Gasteiger partial charge is 0.357 e. The maximum absolute atomic E-state index is 5.81. The molecule has 3 aromatic carbocycles. The van der Waals surface area contributed by atoms with E-state index in [9.17, 15) is 0 Å². The first-order chi connectivity index (χ1) is 10.3. The molecule has 0 unspecified atom stereocenters. The summed E-state index contributed by atoms with van der Waals surface area (Å²) in [5.74, 6) is 1.76. The molecule has 2 heteroatoms. The Labute approximate surface area is 135 Å². The molecule has 0 amide bonds. The molecule has 0 aromatic heterocycles. The molecule has 0 atom stereocenters. The van der Waals surface area contributed by atoms with Gasteiger partial charge in [0.05, 0.1) is 0 Å². The monoisotopic (exact) mass is 387 g/mol. The summed E-state index contributed by atoms with van der Waals surface area (Å²) in [7, 11) is 0. The van der Waals surface area contributed by atoms with Crippen LogP contribution in [-0.2, 0) is 0 Å². The van der Waals surface area contributed by atoms with Crippen LogP contribution in [0.15, 0.2) is 78.9 Å². The Bertz CT molecular complexity index is 688. The first-order valence-corrected chi connectivity index (χ1v) is 9.00. The lowest BCUT2D eigenvalue weighted by molar-refractivity contribution is -0.597. The highest BCUT2D eigenvalue weighted by Gasteiger charge is 2.14. The van der Waals surface area contributed by atoms with Crippen LogP contribution in [0.4, 0.5) is 0 Å². The minimum absolute atomic E-state index is 0.113. The van der Waals surface area contributed by atoms with Crippen molar-refractivity contribution in [3.63, 3.8) is 0 Å². The van der Waals surface area contributed by atoms with Gasteiger partial charge in [0, 0.05) is 0 Å². The number of hydrogen-bond donors (Lipinski definition) is 0. The molecule has 0 bridgehead atoms. The molecule has 0 heterocycles. The third-order valence-electron chi connectivity index (χ3n) is 3.02. The van der Waals surface area contributed by atoms with Gasteiger partial charge in [0.15, 0.2) is 7.14 Å². The molecular weight excluding hydrogens is 371 g/mol. The summed E-state index contributed by atoms with van der Waals surface area (Å²) in [5.41, 5.74) is 1.31. The minimum Gasteiger partial charge on any atom is -0.457 e. The molecule has 21 heavy (non-hydrogen) atoms. The second-order valence-electron chi connectivity index (χ2n) is 4.76. The zero-order chi connectivity index (χ0) is 14.5. The van der Waals surface area contributed by atoms with Crippen LogP contribution in [0.3, 0.4) is 0 Å². The Hall–Kier alpha value is -1.81. The molecule has 0 fully saturated rings. The van der Waals surface area contributed by atoms with Gasteiger partial charge in [-0.25, -0.2) is 0 Å². The summed E-state index contributed by atoms with van der Waals surface area (Å²) in [4.78, 5) is 0. The molecule has 3 aromatic rings. The van der Waals surface area contributed by atoms with Gasteiger partial charge >= 0.3 is 21.2 Å². The van der Waals surface area contributed by atoms with Crippen molar-refractivity contribution in [2.75, 3.05) is 0 Å². The summed E-state index contributed by atoms with van der Waals surface area (Å²) in [5, 5.41) is 0. The summed E-state index contributed by atoms with van der Waals surface area (Å²) in [6.45, 7) is 2.12. The van der Waals surface area contributed by atoms with Crippen molar-refractivity contribution in [1.82, 2.24) is 0 Å². The molecule has 0 spiro atoms. The Kier molecular flexibility index (Phi) is 4.55. The zero-order valence-electron chi connectivity index (χ0n) is 11.8. The predicted octanol–water partition coefficient (Wildman–Crippen LogP) is 1.92. The van der Waals surface area contributed by atoms with Crippen LogP contribution in [0.1, 0.15) is 5.56 Å². The van der Waals surface area contributed by atoms with Crippen molar-refractivity contribution in [3.05, 3.63) is 91.6 Å². The Morgan fingerprint density at radius 1 is 0.619 bits per heavy atom. The van der Waals surface area contributed by atoms with E-state index in [1.807, 2.05) is 30.3 Å². The number of rotatable bonds is 4. The Morgan fingerprint density at radius 2 is 1.14 bits per heavy atom. The van der Waals surface area contributed by atoms with E-state index in [-0.39, 0.29) is 21.2 Å². The highest BCUT2D eigenvalue weighted by atomic mass is 127. The lowest BCUT2D eigenvalue weighted by Gasteiger charge is -2.04. The minimum atomic E-state index is -0.113. The van der Waals surface area contributed by atoms with Crippen LogP contribution in [0.2, 0.25) is 0 Å². The Morgan fingerprint density at radius 3 is 1.76 bits per heavy atom. The number of halogens is 1. The van der Waals surface area contributed by atoms with E-state index in [0.717, 1.165) is 11.5 Å². The van der Waals surface area contributed by atoms with Crippen molar-refractivity contribution in [3.8, 4) is 11.5 Å². The van der Waals surface area contributed by atoms with Gasteiger partial charge in [0.1, 0.15) is 11.5 Å². The first kappa shape index (κ1) is 14.1. The molecule has 0 aliphatic carbocycles. The van der Waals surface area contributed by atoms with Crippen molar-refractivity contribution in [2.45, 2.75) is 6.92 Å². The van der Waals surface area contributed by atoms with E-state index in [0.29, 0.717) is 0 Å². The molecule has 0 N–H and O–H groups in total. The third kappa shape index (κ3) is 4.08. The Balaban J connectivity index is 1.68. The molecule has 0 saturated carbocycles. The molecular formula is C19H16IO+. The molecule has 0 saturated heterocycles. The van der Waals surface area contributed by atoms with Gasteiger partial charge in [-0.05, 0) is 55.5 Å². The van der Waals surface area contributed by atoms with Crippen molar-refractivity contribution in [2.24, 2.45) is 0 Å². The fraction of sp³-hybridized carbons (Fsp3) is 0.0526. The van der Waals surface area contributed by atoms with Crippen LogP contribution in [0.5, 0.6) is 11.5 Å². The predicted molar refractivity (Wildman–Crippen MR) is 81.5 cm³/mol. The number of benzene rings is 3. The van der Waals surface area contributed by atoms with Crippen molar-refractivity contribution >= 4 is 0 Å². The number of ether oxygens (including phenoxy) is 1. The van der Waals surface area contributed by atoms with Crippen molar-refractivity contribution in [1.29, 1.82) is 0 Å². The van der Waals surface area contributed by atoms with E-state index >= 15 is 0 Å². The third-order valence-corrected chi connectivity index (χ3v) is 5.71. The molecule has 3 rings (SSSR count). The first-order valence-electron chi connectivity index (χ1n) is 6.84. The maximum atomic E-state index is 5.81. The lowest BCUT2D eigenvalue weighted by atomic mass is 10.2. The summed E-state index contributed by atoms with van der Waals surface area (Å²) in [6, 6.07) is 27.2. The zero-order valence-corrected chi connectivity index (χ0v) is 13.9. The van der Waals surface area contributed by atoms with Gasteiger partial charge in [-0.1, -0.05) is 35.9 Å². The quantitative estimate of drug-likeness (QED) is 0.622. The van der Waals surface area contributed by atoms with Gasteiger partial charge in [0.25, 0.3) is 0 Å². The van der Waals surface area contributed by atoms with Crippen molar-refractivity contribution < 1.29 is 25.9 Å². The van der Waals surface area contributed by atoms with E-state index < -0.39 is 0 Å². The van der Waals surface area contributed by atoms with Crippen LogP contribution >= 0.6 is 0 Å². The highest BCUT2D eigenvalue weighted by molar-refractivity contribution is 5.30. The second-order valence-corrected chi connectivity index (χ2v) is 7.79. The molecule has 1 nitrogen and oxygen atoms in total. The molecule has 0 radical (unpaired) electrons. The van der Waals surface area contributed by atoms with E-state index in [2.05, 4.69) is 55.5 Å². The van der Waals surface area contributed by atoms with Crippen LogP contribution < -0.4 is 25.9 Å². The summed E-state index contributed by atoms with van der Waals surface area (Å²) in [6.07, 6.45) is 0. The SMILES string of the molecule is Cc1ccc([I+]c2ccc(Oc3ccccc3)cc2)cc1. The number of aryl methyl sites for hydroxylation is 1. The van der Waals surface area contributed by atoms with Crippen LogP contribution in [-0.4, -0.2) is 0 Å². The molecule has 104 valence electrons. The number of para-hydroxylation sites is 1. The fourth-order valence-electron chi connectivity index (χ4n) is 1.91. The lowest BCUT2D eigenvalue weighted by Crippen LogP contribution is -3.61. The molecule has 0 aliphatic rings. The van der Waals surface area contributed by atoms with E-state index in [1.54, 1.807) is 0 Å². The normalized spacial score (nSPS) is 10.3. The van der Waals surface area contributed by atoms with Crippen LogP contribution in [0, 0.1) is 14.1 Å². The number of hydrogen-bond acceptors (Lipinski definition) is 1. The standard InChI is InChI=1S/C19H16IO/c1-15-7-9-16(10-8-15)20-17-11-13-19(14-12-17)21-18-5-3-2-4-6-18/h2-14H,1H3/q+1.